The molecule has 0 amide bonds. The van der Waals surface area contributed by atoms with Crippen molar-refractivity contribution in [1.82, 2.24) is 0 Å². The van der Waals surface area contributed by atoms with Gasteiger partial charge in [0, 0.05) is 30.4 Å². The Kier molecular flexibility index (Phi) is 6.05. The molecule has 0 bridgehead atoms. The first-order valence-corrected chi connectivity index (χ1v) is 7.68. The molecular weight excluding hydrogens is 329 g/mol. The van der Waals surface area contributed by atoms with Gasteiger partial charge in [-0.2, -0.15) is 0 Å². The van der Waals surface area contributed by atoms with Crippen molar-refractivity contribution in [1.29, 1.82) is 0 Å². The van der Waals surface area contributed by atoms with Gasteiger partial charge in [0.05, 0.1) is 15.9 Å². The topological polar surface area (TPSA) is 165 Å². The van der Waals surface area contributed by atoms with Crippen LogP contribution < -0.4 is 5.32 Å². The van der Waals surface area contributed by atoms with Crippen LogP contribution in [0.15, 0.2) is 18.2 Å². The number of nitrogens with zero attached hydrogens (tertiary/aromatic N) is 2. The van der Waals surface area contributed by atoms with Gasteiger partial charge in [0.15, 0.2) is 0 Å². The van der Waals surface area contributed by atoms with Crippen LogP contribution in [0.5, 0.6) is 0 Å². The molecule has 116 valence electrons. The number of nitro groups is 2. The van der Waals surface area contributed by atoms with Gasteiger partial charge in [-0.3, -0.25) is 20.2 Å². The van der Waals surface area contributed by atoms with Crippen LogP contribution in [-0.2, 0) is 8.54 Å². The molecule has 1 aromatic carbocycles. The van der Waals surface area contributed by atoms with Gasteiger partial charge in [0.2, 0.25) is 0 Å². The van der Waals surface area contributed by atoms with Crippen LogP contribution in [0.2, 0.25) is 0 Å². The van der Waals surface area contributed by atoms with Crippen molar-refractivity contribution in [2.75, 3.05) is 17.6 Å². The molecule has 11 nitrogen and oxygen atoms in total. The van der Waals surface area contributed by atoms with Crippen molar-refractivity contribution in [3.05, 3.63) is 38.4 Å². The predicted octanol–water partition coefficient (Wildman–Crippen LogP) is 1.67. The third-order valence-corrected chi connectivity index (χ3v) is 3.61. The summed E-state index contributed by atoms with van der Waals surface area (Å²) in [6.45, 7) is 0.101. The molecule has 0 saturated carbocycles. The summed E-state index contributed by atoms with van der Waals surface area (Å²) >= 11 is 0.498. The molecule has 3 N–H and O–H groups in total. The fraction of sp³-hybridized carbons (Fsp3) is 0.250. The van der Waals surface area contributed by atoms with Gasteiger partial charge in [-0.15, -0.1) is 0 Å². The molecule has 0 saturated heterocycles. The van der Waals surface area contributed by atoms with Gasteiger partial charge < -0.3 is 15.1 Å². The monoisotopic (exact) mass is 339 g/mol. The van der Waals surface area contributed by atoms with Crippen LogP contribution in [0.4, 0.5) is 17.1 Å². The molecule has 0 aliphatic carbocycles. The van der Waals surface area contributed by atoms with E-state index in [-0.39, 0.29) is 18.0 Å². The predicted molar refractivity (Wildman–Crippen MR) is 73.8 cm³/mol. The standard InChI is InChI=1S/C8H10N3O8PS/c12-10(13)6-1-2-7(8(5-6)11(14)15)9-3-4-21-19-20(16,17)18/h1-2,5,9H,3-4H2,(H2,16,17,18). The second kappa shape index (κ2) is 7.33. The lowest BCUT2D eigenvalue weighted by Crippen LogP contribution is -2.07. The van der Waals surface area contributed by atoms with Gasteiger partial charge in [-0.1, -0.05) is 0 Å². The normalized spacial score (nSPS) is 11.1. The molecule has 0 fully saturated rings. The molecule has 0 aliphatic heterocycles. The average Bonchev–Trinajstić information content (AvgIpc) is 2.36. The van der Waals surface area contributed by atoms with E-state index in [9.17, 15) is 24.8 Å². The van der Waals surface area contributed by atoms with Crippen molar-refractivity contribution in [2.24, 2.45) is 0 Å². The van der Waals surface area contributed by atoms with Crippen molar-refractivity contribution in [3.8, 4) is 0 Å². The summed E-state index contributed by atoms with van der Waals surface area (Å²) in [5.41, 5.74) is -0.820. The number of phosphoric acid groups is 1. The average molecular weight is 339 g/mol. The largest absolute Gasteiger partial charge is 0.480 e. The summed E-state index contributed by atoms with van der Waals surface area (Å²) in [4.78, 5) is 36.7. The minimum Gasteiger partial charge on any atom is -0.379 e. The van der Waals surface area contributed by atoms with Crippen molar-refractivity contribution < 1.29 is 28.2 Å². The highest BCUT2D eigenvalue weighted by molar-refractivity contribution is 7.97. The number of hydrogen-bond donors (Lipinski definition) is 3. The second-order valence-electron chi connectivity index (χ2n) is 3.53. The number of rotatable bonds is 8. The molecule has 1 rings (SSSR count). The minimum absolute atomic E-state index is 0.0578. The third kappa shape index (κ3) is 6.06. The number of anilines is 1. The summed E-state index contributed by atoms with van der Waals surface area (Å²) in [6.07, 6.45) is 0. The Morgan fingerprint density at radius 1 is 1.29 bits per heavy atom. The van der Waals surface area contributed by atoms with Crippen LogP contribution in [0.3, 0.4) is 0 Å². The molecule has 13 heteroatoms. The Hall–Kier alpha value is -1.72. The maximum atomic E-state index is 10.8. The van der Waals surface area contributed by atoms with Gasteiger partial charge >= 0.3 is 7.82 Å². The van der Waals surface area contributed by atoms with Gasteiger partial charge in [0.1, 0.15) is 5.69 Å². The zero-order valence-electron chi connectivity index (χ0n) is 10.2. The summed E-state index contributed by atoms with van der Waals surface area (Å²) in [5.74, 6) is 0.0965. The second-order valence-corrected chi connectivity index (χ2v) is 5.75. The molecule has 0 aromatic heterocycles. The zero-order valence-corrected chi connectivity index (χ0v) is 12.0. The van der Waals surface area contributed by atoms with Gasteiger partial charge in [0.25, 0.3) is 11.4 Å². The van der Waals surface area contributed by atoms with E-state index in [1.807, 2.05) is 0 Å². The van der Waals surface area contributed by atoms with Crippen molar-refractivity contribution in [2.45, 2.75) is 0 Å². The lowest BCUT2D eigenvalue weighted by atomic mass is 10.2. The number of nitro benzene ring substituents is 2. The molecule has 0 radical (unpaired) electrons. The third-order valence-electron chi connectivity index (χ3n) is 2.04. The molecule has 0 unspecified atom stereocenters. The first-order chi connectivity index (χ1) is 9.70. The van der Waals surface area contributed by atoms with E-state index >= 15 is 0 Å². The maximum absolute atomic E-state index is 10.8. The lowest BCUT2D eigenvalue weighted by Gasteiger charge is -2.07. The van der Waals surface area contributed by atoms with Gasteiger partial charge in [-0.05, 0) is 6.07 Å². The van der Waals surface area contributed by atoms with E-state index < -0.39 is 29.0 Å². The highest BCUT2D eigenvalue weighted by Crippen LogP contribution is 2.40. The van der Waals surface area contributed by atoms with E-state index in [0.29, 0.717) is 12.0 Å². The van der Waals surface area contributed by atoms with E-state index in [1.165, 1.54) is 6.07 Å². The van der Waals surface area contributed by atoms with Crippen LogP contribution in [0, 0.1) is 20.2 Å². The Bertz CT molecular complexity index is 591. The van der Waals surface area contributed by atoms with Crippen LogP contribution in [0.1, 0.15) is 0 Å². The van der Waals surface area contributed by atoms with Gasteiger partial charge in [-0.25, -0.2) is 8.54 Å². The maximum Gasteiger partial charge on any atom is 0.480 e. The van der Waals surface area contributed by atoms with E-state index in [0.717, 1.165) is 12.1 Å². The molecule has 0 aliphatic rings. The van der Waals surface area contributed by atoms with Crippen LogP contribution >= 0.6 is 19.9 Å². The fourth-order valence-corrected chi connectivity index (χ4v) is 2.30. The Morgan fingerprint density at radius 2 is 1.95 bits per heavy atom. The summed E-state index contributed by atoms with van der Waals surface area (Å²) in [6, 6.07) is 3.11. The summed E-state index contributed by atoms with van der Waals surface area (Å²) < 4.78 is 14.5. The zero-order chi connectivity index (χ0) is 16.0. The molecule has 0 spiro atoms. The fourth-order valence-electron chi connectivity index (χ4n) is 1.27. The minimum atomic E-state index is -4.57. The van der Waals surface area contributed by atoms with Crippen molar-refractivity contribution >= 4 is 36.9 Å². The van der Waals surface area contributed by atoms with E-state index in [2.05, 4.69) is 9.29 Å². The Balaban J connectivity index is 2.64. The lowest BCUT2D eigenvalue weighted by molar-refractivity contribution is -0.393. The smallest absolute Gasteiger partial charge is 0.379 e. The highest BCUT2D eigenvalue weighted by atomic mass is 32.2. The number of non-ortho nitro benzene ring substituents is 1. The first-order valence-electron chi connectivity index (χ1n) is 5.24. The molecule has 0 heterocycles. The molecule has 0 atom stereocenters. The first kappa shape index (κ1) is 17.3. The SMILES string of the molecule is O=[N+]([O-])c1ccc(NCCSOP(=O)(O)O)c([N+](=O)[O-])c1. The molecule has 1 aromatic rings. The Morgan fingerprint density at radius 3 is 2.48 bits per heavy atom. The quantitative estimate of drug-likeness (QED) is 0.208. The summed E-state index contributed by atoms with van der Waals surface area (Å²) in [5, 5.41) is 24.0. The van der Waals surface area contributed by atoms with Crippen LogP contribution in [0.25, 0.3) is 0 Å². The van der Waals surface area contributed by atoms with Crippen LogP contribution in [-0.4, -0.2) is 31.9 Å². The molecular formula is C8H10N3O8PS. The number of benzene rings is 1. The van der Waals surface area contributed by atoms with E-state index in [1.54, 1.807) is 0 Å². The molecule has 21 heavy (non-hydrogen) atoms. The van der Waals surface area contributed by atoms with E-state index in [4.69, 9.17) is 9.79 Å². The van der Waals surface area contributed by atoms with Crippen molar-refractivity contribution in [3.63, 3.8) is 0 Å². The number of nitrogens with one attached hydrogen (secondary N) is 1. The number of hydrogen-bond acceptors (Lipinski definition) is 8. The summed E-state index contributed by atoms with van der Waals surface area (Å²) in [7, 11) is -4.57. The Labute approximate surface area is 122 Å². The highest BCUT2D eigenvalue weighted by Gasteiger charge is 2.19.